The minimum absolute atomic E-state index is 0.0941. The third-order valence-corrected chi connectivity index (χ3v) is 3.09. The number of benzene rings is 1. The SMILES string of the molecule is CCC(c1cnn(C(F)F)c1)c1ccccc1C#N. The quantitative estimate of drug-likeness (QED) is 0.842. The molecular formula is C14H13F2N3. The van der Waals surface area contributed by atoms with Crippen molar-refractivity contribution in [3.05, 3.63) is 53.3 Å². The zero-order chi connectivity index (χ0) is 13.8. The maximum absolute atomic E-state index is 12.5. The molecule has 1 aromatic heterocycles. The van der Waals surface area contributed by atoms with Crippen molar-refractivity contribution in [3.8, 4) is 6.07 Å². The molecule has 19 heavy (non-hydrogen) atoms. The van der Waals surface area contributed by atoms with Gasteiger partial charge in [0.2, 0.25) is 0 Å². The van der Waals surface area contributed by atoms with Crippen LogP contribution in [0.5, 0.6) is 0 Å². The highest BCUT2D eigenvalue weighted by atomic mass is 19.3. The summed E-state index contributed by atoms with van der Waals surface area (Å²) in [5, 5.41) is 12.8. The van der Waals surface area contributed by atoms with Crippen molar-refractivity contribution in [1.82, 2.24) is 9.78 Å². The summed E-state index contributed by atoms with van der Waals surface area (Å²) in [6, 6.07) is 9.35. The molecule has 0 amide bonds. The molecular weight excluding hydrogens is 248 g/mol. The van der Waals surface area contributed by atoms with Crippen molar-refractivity contribution < 1.29 is 8.78 Å². The van der Waals surface area contributed by atoms with Gasteiger partial charge in [0, 0.05) is 12.1 Å². The summed E-state index contributed by atoms with van der Waals surface area (Å²) in [6.07, 6.45) is 3.50. The van der Waals surface area contributed by atoms with Gasteiger partial charge in [-0.15, -0.1) is 0 Å². The summed E-state index contributed by atoms with van der Waals surface area (Å²) in [7, 11) is 0. The molecule has 98 valence electrons. The van der Waals surface area contributed by atoms with Crippen molar-refractivity contribution >= 4 is 0 Å². The van der Waals surface area contributed by atoms with Gasteiger partial charge in [0.1, 0.15) is 0 Å². The standard InChI is InChI=1S/C14H13F2N3/c1-2-12(11-8-18-19(9-11)14(15)16)13-6-4-3-5-10(13)7-17/h3-6,8-9,12,14H,2H2,1H3. The minimum atomic E-state index is -2.64. The molecule has 1 heterocycles. The van der Waals surface area contributed by atoms with Crippen LogP contribution in [-0.4, -0.2) is 9.78 Å². The Morgan fingerprint density at radius 3 is 2.68 bits per heavy atom. The van der Waals surface area contributed by atoms with Crippen LogP contribution in [0.3, 0.4) is 0 Å². The average molecular weight is 261 g/mol. The maximum Gasteiger partial charge on any atom is 0.333 e. The molecule has 0 bridgehead atoms. The fourth-order valence-corrected chi connectivity index (χ4v) is 2.18. The Morgan fingerprint density at radius 1 is 1.37 bits per heavy atom. The van der Waals surface area contributed by atoms with Crippen molar-refractivity contribution in [2.45, 2.75) is 25.8 Å². The number of nitriles is 1. The van der Waals surface area contributed by atoms with E-state index in [9.17, 15) is 8.78 Å². The first-order chi connectivity index (χ1) is 9.17. The molecule has 5 heteroatoms. The van der Waals surface area contributed by atoms with E-state index in [1.165, 1.54) is 12.4 Å². The lowest BCUT2D eigenvalue weighted by Crippen LogP contribution is -2.02. The van der Waals surface area contributed by atoms with Crippen LogP contribution >= 0.6 is 0 Å². The van der Waals surface area contributed by atoms with Gasteiger partial charge in [-0.25, -0.2) is 4.68 Å². The van der Waals surface area contributed by atoms with E-state index in [1.807, 2.05) is 19.1 Å². The lowest BCUT2D eigenvalue weighted by molar-refractivity contribution is 0.0565. The highest BCUT2D eigenvalue weighted by Crippen LogP contribution is 2.30. The molecule has 0 aliphatic carbocycles. The van der Waals surface area contributed by atoms with Crippen LogP contribution in [0.2, 0.25) is 0 Å². The van der Waals surface area contributed by atoms with Gasteiger partial charge in [-0.05, 0) is 23.6 Å². The number of rotatable bonds is 4. The summed E-state index contributed by atoms with van der Waals surface area (Å²) in [5.74, 6) is -0.0941. The van der Waals surface area contributed by atoms with Crippen LogP contribution in [0.4, 0.5) is 8.78 Å². The molecule has 0 N–H and O–H groups in total. The zero-order valence-corrected chi connectivity index (χ0v) is 10.4. The molecule has 0 fully saturated rings. The lowest BCUT2D eigenvalue weighted by Gasteiger charge is -2.14. The van der Waals surface area contributed by atoms with Crippen LogP contribution < -0.4 is 0 Å². The van der Waals surface area contributed by atoms with Crippen molar-refractivity contribution in [2.75, 3.05) is 0 Å². The first-order valence-corrected chi connectivity index (χ1v) is 5.98. The Kier molecular flexibility index (Phi) is 3.91. The fraction of sp³-hybridized carbons (Fsp3) is 0.286. The molecule has 0 saturated heterocycles. The van der Waals surface area contributed by atoms with E-state index in [0.717, 1.165) is 5.56 Å². The molecule has 0 aliphatic rings. The highest BCUT2D eigenvalue weighted by molar-refractivity contribution is 5.43. The third-order valence-electron chi connectivity index (χ3n) is 3.09. The van der Waals surface area contributed by atoms with E-state index in [-0.39, 0.29) is 5.92 Å². The number of aromatic nitrogens is 2. The summed E-state index contributed by atoms with van der Waals surface area (Å²) < 4.78 is 25.7. The van der Waals surface area contributed by atoms with Crippen molar-refractivity contribution in [3.63, 3.8) is 0 Å². The third kappa shape index (κ3) is 2.63. The van der Waals surface area contributed by atoms with Gasteiger partial charge >= 0.3 is 6.55 Å². The Hall–Kier alpha value is -2.22. The monoisotopic (exact) mass is 261 g/mol. The minimum Gasteiger partial charge on any atom is -0.211 e. The van der Waals surface area contributed by atoms with Gasteiger partial charge in [-0.2, -0.15) is 19.1 Å². The second-order valence-corrected chi connectivity index (χ2v) is 4.19. The molecule has 2 aromatic rings. The summed E-state index contributed by atoms with van der Waals surface area (Å²) in [5.41, 5.74) is 2.12. The summed E-state index contributed by atoms with van der Waals surface area (Å²) >= 11 is 0. The Labute approximate surface area is 110 Å². The number of hydrogen-bond donors (Lipinski definition) is 0. The van der Waals surface area contributed by atoms with Gasteiger partial charge in [0.25, 0.3) is 0 Å². The van der Waals surface area contributed by atoms with Crippen LogP contribution in [0.15, 0.2) is 36.7 Å². The predicted molar refractivity (Wildman–Crippen MR) is 66.8 cm³/mol. The Bertz CT molecular complexity index is 599. The summed E-state index contributed by atoms with van der Waals surface area (Å²) in [4.78, 5) is 0. The second kappa shape index (κ2) is 5.61. The normalized spacial score (nSPS) is 12.4. The van der Waals surface area contributed by atoms with Crippen molar-refractivity contribution in [2.24, 2.45) is 0 Å². The molecule has 0 spiro atoms. The van der Waals surface area contributed by atoms with E-state index < -0.39 is 6.55 Å². The molecule has 1 unspecified atom stereocenters. The highest BCUT2D eigenvalue weighted by Gasteiger charge is 2.18. The van der Waals surface area contributed by atoms with Gasteiger partial charge in [-0.1, -0.05) is 25.1 Å². The number of nitrogens with zero attached hydrogens (tertiary/aromatic N) is 3. The van der Waals surface area contributed by atoms with Gasteiger partial charge in [0.05, 0.1) is 17.8 Å². The maximum atomic E-state index is 12.5. The van der Waals surface area contributed by atoms with Crippen LogP contribution in [0, 0.1) is 11.3 Å². The van der Waals surface area contributed by atoms with E-state index in [0.29, 0.717) is 22.2 Å². The molecule has 1 atom stereocenters. The smallest absolute Gasteiger partial charge is 0.211 e. The first-order valence-electron chi connectivity index (χ1n) is 5.98. The van der Waals surface area contributed by atoms with Crippen LogP contribution in [0.1, 0.15) is 42.5 Å². The van der Waals surface area contributed by atoms with Gasteiger partial charge in [-0.3, -0.25) is 0 Å². The predicted octanol–water partition coefficient (Wildman–Crippen LogP) is 3.69. The fourth-order valence-electron chi connectivity index (χ4n) is 2.18. The largest absolute Gasteiger partial charge is 0.333 e. The molecule has 1 aromatic carbocycles. The first kappa shape index (κ1) is 13.2. The van der Waals surface area contributed by atoms with Crippen LogP contribution in [-0.2, 0) is 0 Å². The average Bonchev–Trinajstić information content (AvgIpc) is 2.90. The summed E-state index contributed by atoms with van der Waals surface area (Å²) in [6.45, 7) is -0.684. The topological polar surface area (TPSA) is 41.6 Å². The molecule has 0 saturated carbocycles. The number of hydrogen-bond acceptors (Lipinski definition) is 2. The number of halogens is 2. The Morgan fingerprint density at radius 2 is 2.11 bits per heavy atom. The second-order valence-electron chi connectivity index (χ2n) is 4.19. The van der Waals surface area contributed by atoms with Gasteiger partial charge < -0.3 is 0 Å². The zero-order valence-electron chi connectivity index (χ0n) is 10.4. The van der Waals surface area contributed by atoms with E-state index >= 15 is 0 Å². The lowest BCUT2D eigenvalue weighted by atomic mass is 9.88. The van der Waals surface area contributed by atoms with E-state index in [1.54, 1.807) is 12.1 Å². The van der Waals surface area contributed by atoms with E-state index in [4.69, 9.17) is 5.26 Å². The molecule has 2 rings (SSSR count). The molecule has 0 radical (unpaired) electrons. The van der Waals surface area contributed by atoms with Crippen LogP contribution in [0.25, 0.3) is 0 Å². The van der Waals surface area contributed by atoms with E-state index in [2.05, 4.69) is 11.2 Å². The Balaban J connectivity index is 2.41. The van der Waals surface area contributed by atoms with Gasteiger partial charge in [0.15, 0.2) is 0 Å². The molecule has 0 aliphatic heterocycles. The number of alkyl halides is 2. The molecule has 3 nitrogen and oxygen atoms in total. The van der Waals surface area contributed by atoms with Crippen molar-refractivity contribution in [1.29, 1.82) is 5.26 Å².